The summed E-state index contributed by atoms with van der Waals surface area (Å²) in [5.74, 6) is -0.325. The van der Waals surface area contributed by atoms with Gasteiger partial charge in [0.05, 0.1) is 10.0 Å². The van der Waals surface area contributed by atoms with Gasteiger partial charge in [0.25, 0.3) is 0 Å². The number of nitrogens with one attached hydrogen (secondary N) is 1. The van der Waals surface area contributed by atoms with Crippen LogP contribution in [0.3, 0.4) is 0 Å². The fourth-order valence-electron chi connectivity index (χ4n) is 1.94. The van der Waals surface area contributed by atoms with Gasteiger partial charge in [0, 0.05) is 18.0 Å². The zero-order valence-corrected chi connectivity index (χ0v) is 12.3. The van der Waals surface area contributed by atoms with Crippen LogP contribution in [0.1, 0.15) is 38.8 Å². The Balaban J connectivity index is 2.78. The van der Waals surface area contributed by atoms with E-state index in [-0.39, 0.29) is 23.9 Å². The molecule has 1 rings (SSSR count). The van der Waals surface area contributed by atoms with Crippen LogP contribution in [0.5, 0.6) is 0 Å². The average Bonchev–Trinajstić information content (AvgIpc) is 2.19. The highest BCUT2D eigenvalue weighted by Gasteiger charge is 2.23. The number of hydrogen-bond acceptors (Lipinski definition) is 2. The first-order valence-electron chi connectivity index (χ1n) is 5.72. The van der Waals surface area contributed by atoms with Crippen molar-refractivity contribution in [1.82, 2.24) is 5.32 Å². The standard InChI is InChI=1S/C13H18Cl2N2O/c1-8(17-13(2,3)7-12(16)18)9-4-5-10(14)11(15)6-9/h4-6,8,17H,7H2,1-3H3,(H2,16,18). The molecule has 0 aliphatic heterocycles. The van der Waals surface area contributed by atoms with Crippen molar-refractivity contribution >= 4 is 29.1 Å². The maximum atomic E-state index is 11.0. The minimum absolute atomic E-state index is 0.0501. The van der Waals surface area contributed by atoms with Gasteiger partial charge in [-0.2, -0.15) is 0 Å². The molecule has 1 aromatic rings. The van der Waals surface area contributed by atoms with Gasteiger partial charge in [-0.05, 0) is 38.5 Å². The number of hydrogen-bond donors (Lipinski definition) is 2. The summed E-state index contributed by atoms with van der Waals surface area (Å²) in [6.07, 6.45) is 0.276. The molecule has 1 aromatic carbocycles. The molecule has 0 saturated carbocycles. The molecule has 0 radical (unpaired) electrons. The molecule has 1 unspecified atom stereocenters. The van der Waals surface area contributed by atoms with Crippen molar-refractivity contribution in [2.24, 2.45) is 5.73 Å². The van der Waals surface area contributed by atoms with Gasteiger partial charge in [0.2, 0.25) is 5.91 Å². The van der Waals surface area contributed by atoms with E-state index < -0.39 is 0 Å². The molecule has 1 amide bonds. The normalized spacial score (nSPS) is 13.4. The van der Waals surface area contributed by atoms with E-state index in [9.17, 15) is 4.79 Å². The number of nitrogens with two attached hydrogens (primary N) is 1. The van der Waals surface area contributed by atoms with Crippen LogP contribution < -0.4 is 11.1 Å². The third kappa shape index (κ3) is 4.48. The van der Waals surface area contributed by atoms with Crippen molar-refractivity contribution in [2.75, 3.05) is 0 Å². The monoisotopic (exact) mass is 288 g/mol. The van der Waals surface area contributed by atoms with Crippen molar-refractivity contribution in [2.45, 2.75) is 38.8 Å². The number of amides is 1. The number of rotatable bonds is 5. The van der Waals surface area contributed by atoms with E-state index >= 15 is 0 Å². The first-order chi connectivity index (χ1) is 8.21. The molecule has 3 nitrogen and oxygen atoms in total. The van der Waals surface area contributed by atoms with E-state index in [1.54, 1.807) is 6.07 Å². The Morgan fingerprint density at radius 1 is 1.39 bits per heavy atom. The third-order valence-corrected chi connectivity index (χ3v) is 3.41. The van der Waals surface area contributed by atoms with Gasteiger partial charge in [0.15, 0.2) is 0 Å². The Labute approximate surface area is 118 Å². The van der Waals surface area contributed by atoms with Crippen LogP contribution in [-0.2, 0) is 4.79 Å². The molecule has 0 bridgehead atoms. The van der Waals surface area contributed by atoms with E-state index in [1.807, 2.05) is 32.9 Å². The zero-order chi connectivity index (χ0) is 13.9. The van der Waals surface area contributed by atoms with Gasteiger partial charge >= 0.3 is 0 Å². The van der Waals surface area contributed by atoms with Crippen LogP contribution in [0.25, 0.3) is 0 Å². The maximum absolute atomic E-state index is 11.0. The molecule has 100 valence electrons. The Morgan fingerprint density at radius 2 is 2.00 bits per heavy atom. The Kier molecular flexibility index (Phi) is 5.02. The van der Waals surface area contributed by atoms with Crippen molar-refractivity contribution in [3.63, 3.8) is 0 Å². The van der Waals surface area contributed by atoms with Crippen LogP contribution in [0, 0.1) is 0 Å². The lowest BCUT2D eigenvalue weighted by molar-refractivity contribution is -0.119. The summed E-state index contributed by atoms with van der Waals surface area (Å²) >= 11 is 11.9. The Morgan fingerprint density at radius 3 is 2.50 bits per heavy atom. The Bertz CT molecular complexity index is 447. The zero-order valence-electron chi connectivity index (χ0n) is 10.8. The molecular weight excluding hydrogens is 271 g/mol. The minimum Gasteiger partial charge on any atom is -0.370 e. The summed E-state index contributed by atoms with van der Waals surface area (Å²) in [6.45, 7) is 5.87. The van der Waals surface area contributed by atoms with Crippen LogP contribution in [-0.4, -0.2) is 11.4 Å². The second kappa shape index (κ2) is 5.91. The van der Waals surface area contributed by atoms with Gasteiger partial charge in [0.1, 0.15) is 0 Å². The predicted octanol–water partition coefficient (Wildman–Crippen LogP) is 3.30. The molecule has 1 atom stereocenters. The molecular formula is C13H18Cl2N2O. The van der Waals surface area contributed by atoms with E-state index in [1.165, 1.54) is 0 Å². The van der Waals surface area contributed by atoms with Gasteiger partial charge in [-0.15, -0.1) is 0 Å². The lowest BCUT2D eigenvalue weighted by atomic mass is 9.97. The van der Waals surface area contributed by atoms with Gasteiger partial charge < -0.3 is 11.1 Å². The molecule has 0 aromatic heterocycles. The van der Waals surface area contributed by atoms with E-state index in [0.29, 0.717) is 10.0 Å². The van der Waals surface area contributed by atoms with Crippen molar-refractivity contribution < 1.29 is 4.79 Å². The van der Waals surface area contributed by atoms with Gasteiger partial charge in [-0.1, -0.05) is 29.3 Å². The second-order valence-corrected chi connectivity index (χ2v) is 5.88. The van der Waals surface area contributed by atoms with Gasteiger partial charge in [-0.25, -0.2) is 0 Å². The molecule has 5 heteroatoms. The molecule has 0 heterocycles. The lowest BCUT2D eigenvalue weighted by Gasteiger charge is -2.29. The van der Waals surface area contributed by atoms with Crippen molar-refractivity contribution in [1.29, 1.82) is 0 Å². The SMILES string of the molecule is CC(NC(C)(C)CC(N)=O)c1ccc(Cl)c(Cl)c1. The summed E-state index contributed by atoms with van der Waals surface area (Å²) < 4.78 is 0. The topological polar surface area (TPSA) is 55.1 Å². The van der Waals surface area contributed by atoms with E-state index in [2.05, 4.69) is 5.32 Å². The molecule has 0 aliphatic rings. The number of primary amides is 1. The third-order valence-electron chi connectivity index (χ3n) is 2.67. The van der Waals surface area contributed by atoms with Crippen molar-refractivity contribution in [3.05, 3.63) is 33.8 Å². The number of carbonyl (C=O) groups is 1. The molecule has 18 heavy (non-hydrogen) atoms. The number of benzene rings is 1. The molecule has 0 saturated heterocycles. The van der Waals surface area contributed by atoms with Crippen LogP contribution >= 0.6 is 23.2 Å². The largest absolute Gasteiger partial charge is 0.370 e. The maximum Gasteiger partial charge on any atom is 0.219 e. The van der Waals surface area contributed by atoms with E-state index in [0.717, 1.165) is 5.56 Å². The molecule has 0 spiro atoms. The molecule has 0 aliphatic carbocycles. The molecule has 3 N–H and O–H groups in total. The fraction of sp³-hybridized carbons (Fsp3) is 0.462. The van der Waals surface area contributed by atoms with E-state index in [4.69, 9.17) is 28.9 Å². The number of carbonyl (C=O) groups excluding carboxylic acids is 1. The summed E-state index contributed by atoms with van der Waals surface area (Å²) in [6, 6.07) is 5.54. The van der Waals surface area contributed by atoms with Crippen LogP contribution in [0.15, 0.2) is 18.2 Å². The summed E-state index contributed by atoms with van der Waals surface area (Å²) in [5, 5.41) is 4.40. The molecule has 0 fully saturated rings. The fourth-order valence-corrected chi connectivity index (χ4v) is 2.24. The van der Waals surface area contributed by atoms with Crippen LogP contribution in [0.2, 0.25) is 10.0 Å². The second-order valence-electron chi connectivity index (χ2n) is 5.07. The predicted molar refractivity (Wildman–Crippen MR) is 75.9 cm³/mol. The van der Waals surface area contributed by atoms with Crippen molar-refractivity contribution in [3.8, 4) is 0 Å². The lowest BCUT2D eigenvalue weighted by Crippen LogP contribution is -2.43. The highest BCUT2D eigenvalue weighted by Crippen LogP contribution is 2.26. The van der Waals surface area contributed by atoms with Crippen LogP contribution in [0.4, 0.5) is 0 Å². The van der Waals surface area contributed by atoms with Gasteiger partial charge in [-0.3, -0.25) is 4.79 Å². The average molecular weight is 289 g/mol. The highest BCUT2D eigenvalue weighted by atomic mass is 35.5. The Hall–Kier alpha value is -0.770. The first kappa shape index (κ1) is 15.3. The smallest absolute Gasteiger partial charge is 0.219 e. The quantitative estimate of drug-likeness (QED) is 0.873. The summed E-state index contributed by atoms with van der Waals surface area (Å²) in [4.78, 5) is 11.0. The number of halogens is 2. The highest BCUT2D eigenvalue weighted by molar-refractivity contribution is 6.42. The summed E-state index contributed by atoms with van der Waals surface area (Å²) in [5.41, 5.74) is 5.87. The summed E-state index contributed by atoms with van der Waals surface area (Å²) in [7, 11) is 0. The minimum atomic E-state index is -0.364. The first-order valence-corrected chi connectivity index (χ1v) is 6.48.